The fourth-order valence-corrected chi connectivity index (χ4v) is 84.4. The molecule has 68 valence electrons. The third-order valence-corrected chi connectivity index (χ3v) is 78.8. The summed E-state index contributed by atoms with van der Waals surface area (Å²) < 4.78 is 0. The van der Waals surface area contributed by atoms with Gasteiger partial charge in [0.25, 0.3) is 0 Å². The lowest BCUT2D eigenvalue weighted by molar-refractivity contribution is 1.85. The molecule has 0 saturated heterocycles. The average molecular weight is 237 g/mol. The van der Waals surface area contributed by atoms with Crippen molar-refractivity contribution in [2.45, 2.75) is 39.3 Å². The minimum atomic E-state index is -0.705. The molecule has 0 aromatic carbocycles. The predicted octanol–water partition coefficient (Wildman–Crippen LogP) is -0.00740. The van der Waals surface area contributed by atoms with E-state index in [1.165, 1.54) is 19.5 Å². The molecule has 0 amide bonds. The predicted molar refractivity (Wildman–Crippen MR) is 72.3 cm³/mol. The number of hydrogen-bond donors (Lipinski definition) is 0. The molecule has 0 heterocycles. The Bertz CT molecular complexity index is 122. The minimum Gasteiger partial charge on any atom is -0.0740 e. The van der Waals surface area contributed by atoms with Crippen LogP contribution in [0.5, 0.6) is 0 Å². The summed E-state index contributed by atoms with van der Waals surface area (Å²) in [6.45, 7) is 15.9. The molecule has 0 aromatic heterocycles. The van der Waals surface area contributed by atoms with E-state index >= 15 is 0 Å². The first-order valence-corrected chi connectivity index (χ1v) is 22.5. The molecule has 0 N–H and O–H groups in total. The van der Waals surface area contributed by atoms with E-state index in [2.05, 4.69) is 39.3 Å². The van der Waals surface area contributed by atoms with Crippen LogP contribution >= 0.6 is 0 Å². The van der Waals surface area contributed by atoms with Gasteiger partial charge < -0.3 is 0 Å². The molecule has 0 aromatic rings. The topological polar surface area (TPSA) is 0 Å². The molecule has 11 heavy (non-hydrogen) atoms. The minimum absolute atomic E-state index is 0.646. The molecule has 0 fully saturated rings. The largest absolute Gasteiger partial charge is 0.0740 e. The maximum Gasteiger partial charge on any atom is 0.0293 e. The fourth-order valence-electron chi connectivity index (χ4n) is 1.12. The van der Waals surface area contributed by atoms with Crippen LogP contribution in [0.2, 0.25) is 39.3 Å². The summed E-state index contributed by atoms with van der Waals surface area (Å²) in [6, 6.07) is 0. The molecule has 0 aliphatic rings. The lowest BCUT2D eigenvalue weighted by atomic mass is 11.9. The molecule has 0 atom stereocenters. The Morgan fingerprint density at radius 3 is 0.818 bits per heavy atom. The third-order valence-electron chi connectivity index (χ3n) is 3.75. The summed E-state index contributed by atoms with van der Waals surface area (Å²) in [5, 5.41) is 0. The Labute approximate surface area is 80.2 Å². The average Bonchev–Trinajstić information content (AvgIpc) is 1.58. The Kier molecular flexibility index (Phi) is 3.40. The van der Waals surface area contributed by atoms with Crippen molar-refractivity contribution in [3.05, 3.63) is 0 Å². The quantitative estimate of drug-likeness (QED) is 0.592. The van der Waals surface area contributed by atoms with Crippen LogP contribution in [0.4, 0.5) is 0 Å². The molecule has 0 rings (SSSR count). The summed E-state index contributed by atoms with van der Waals surface area (Å²) in [7, 11) is 1.05. The fraction of sp³-hybridized carbons (Fsp3) is 1.00. The molecule has 0 spiro atoms. The van der Waals surface area contributed by atoms with Crippen LogP contribution in [0, 0.1) is 0 Å². The zero-order valence-corrected chi connectivity index (χ0v) is 16.5. The van der Waals surface area contributed by atoms with Crippen LogP contribution in [0.15, 0.2) is 0 Å². The third kappa shape index (κ3) is 2.51. The lowest BCUT2D eigenvalue weighted by Crippen LogP contribution is -2.71. The molecule has 0 aliphatic carbocycles. The second kappa shape index (κ2) is 3.09. The van der Waals surface area contributed by atoms with Gasteiger partial charge in [0.05, 0.1) is 0 Å². The van der Waals surface area contributed by atoms with Crippen LogP contribution in [-0.2, 0) is 0 Å². The van der Waals surface area contributed by atoms with E-state index in [0.29, 0.717) is 0 Å². The summed E-state index contributed by atoms with van der Waals surface area (Å²) in [4.78, 5) is 0. The zero-order chi connectivity index (χ0) is 9.50. The Morgan fingerprint density at radius 2 is 0.818 bits per heavy atom. The van der Waals surface area contributed by atoms with E-state index in [0.717, 1.165) is 0 Å². The van der Waals surface area contributed by atoms with Crippen molar-refractivity contribution in [2.24, 2.45) is 0 Å². The maximum atomic E-state index is 2.69. The van der Waals surface area contributed by atoms with Crippen molar-refractivity contribution < 1.29 is 0 Å². The van der Waals surface area contributed by atoms with Gasteiger partial charge in [0, 0.05) is 21.3 Å². The van der Waals surface area contributed by atoms with E-state index in [4.69, 9.17) is 0 Å². The summed E-state index contributed by atoms with van der Waals surface area (Å²) in [5.74, 6) is 0. The van der Waals surface area contributed by atoms with Crippen molar-refractivity contribution in [1.82, 2.24) is 0 Å². The highest BCUT2D eigenvalue weighted by molar-refractivity contribution is 7.82. The second-order valence-corrected chi connectivity index (χ2v) is 57.4. The van der Waals surface area contributed by atoms with E-state index < -0.39 is 21.3 Å². The van der Waals surface area contributed by atoms with E-state index in [-0.39, 0.29) is 0 Å². The van der Waals surface area contributed by atoms with Gasteiger partial charge in [0.15, 0.2) is 0 Å². The first-order chi connectivity index (χ1) is 4.50. The van der Waals surface area contributed by atoms with Gasteiger partial charge in [-0.05, 0) is 19.5 Å². The molecule has 0 saturated carbocycles. The first-order valence-electron chi connectivity index (χ1n) is 4.50. The van der Waals surface area contributed by atoms with Gasteiger partial charge in [-0.1, -0.05) is 39.3 Å². The van der Waals surface area contributed by atoms with Crippen LogP contribution < -0.4 is 0 Å². The Hall–Kier alpha value is 1.08. The Morgan fingerprint density at radius 1 is 0.636 bits per heavy atom. The van der Waals surface area contributed by atoms with Crippen molar-refractivity contribution in [2.75, 3.05) is 0 Å². The molecule has 0 nitrogen and oxygen atoms in total. The van der Waals surface area contributed by atoms with Crippen LogP contribution in [-0.4, -0.2) is 40.8 Å². The van der Waals surface area contributed by atoms with Crippen LogP contribution in [0.1, 0.15) is 0 Å². The molecule has 0 aliphatic heterocycles. The monoisotopic (exact) mass is 236 g/mol. The Balaban J connectivity index is 4.75. The number of hydrogen-bond acceptors (Lipinski definition) is 0. The summed E-state index contributed by atoms with van der Waals surface area (Å²) >= 11 is 0. The van der Waals surface area contributed by atoms with Crippen molar-refractivity contribution >= 4 is 40.8 Å². The second-order valence-electron chi connectivity index (χ2n) is 6.12. The zero-order valence-electron chi connectivity index (χ0n) is 9.50. The highest BCUT2D eigenvalue weighted by atomic mass is 29.9. The molecule has 0 bridgehead atoms. The van der Waals surface area contributed by atoms with Crippen molar-refractivity contribution in [3.63, 3.8) is 0 Å². The normalized spacial score (nSPS) is 15.8. The van der Waals surface area contributed by atoms with Gasteiger partial charge in [-0.15, -0.1) is 0 Å². The summed E-state index contributed by atoms with van der Waals surface area (Å²) in [6.07, 6.45) is 0. The van der Waals surface area contributed by atoms with Crippen LogP contribution in [0.25, 0.3) is 0 Å². The van der Waals surface area contributed by atoms with Gasteiger partial charge in [0.1, 0.15) is 0 Å². The van der Waals surface area contributed by atoms with Crippen molar-refractivity contribution in [3.8, 4) is 0 Å². The smallest absolute Gasteiger partial charge is 0.0293 e. The van der Waals surface area contributed by atoms with E-state index in [9.17, 15) is 0 Å². The molecule has 0 radical (unpaired) electrons. The van der Waals surface area contributed by atoms with E-state index in [1.54, 1.807) is 0 Å². The molecule has 0 unspecified atom stereocenters. The molecular weight excluding hydrogens is 212 g/mol. The summed E-state index contributed by atoms with van der Waals surface area (Å²) in [5.41, 5.74) is 0. The van der Waals surface area contributed by atoms with Gasteiger partial charge in [-0.3, -0.25) is 0 Å². The standard InChI is InChI=1S/C6H24Si5/c1-9(2,7)11(5,6)10(3,4)8/h1-8H3. The van der Waals surface area contributed by atoms with Gasteiger partial charge >= 0.3 is 0 Å². The van der Waals surface area contributed by atoms with Gasteiger partial charge in [-0.2, -0.15) is 0 Å². The highest BCUT2D eigenvalue weighted by Crippen LogP contribution is 2.24. The lowest BCUT2D eigenvalue weighted by Gasteiger charge is -2.45. The van der Waals surface area contributed by atoms with Crippen molar-refractivity contribution in [1.29, 1.82) is 0 Å². The highest BCUT2D eigenvalue weighted by Gasteiger charge is 2.46. The molecular formula is C6H24Si5. The number of rotatable bonds is 2. The van der Waals surface area contributed by atoms with E-state index in [1.807, 2.05) is 0 Å². The van der Waals surface area contributed by atoms with Gasteiger partial charge in [0.2, 0.25) is 0 Å². The first kappa shape index (κ1) is 12.1. The molecule has 5 heteroatoms. The van der Waals surface area contributed by atoms with Crippen LogP contribution in [0.3, 0.4) is 0 Å². The maximum absolute atomic E-state index is 2.69. The van der Waals surface area contributed by atoms with Gasteiger partial charge in [-0.25, -0.2) is 0 Å². The SMILES string of the molecule is C[Si](C)([SiH3])[Si](C)(C)[Si](C)(C)[SiH3].